The van der Waals surface area contributed by atoms with Gasteiger partial charge in [0.1, 0.15) is 16.2 Å². The zero-order valence-electron chi connectivity index (χ0n) is 8.60. The first kappa shape index (κ1) is 11.2. The molecule has 0 atom stereocenters. The van der Waals surface area contributed by atoms with Gasteiger partial charge in [-0.05, 0) is 12.8 Å². The maximum absolute atomic E-state index is 10.9. The Morgan fingerprint density at radius 1 is 1.56 bits per heavy atom. The summed E-state index contributed by atoms with van der Waals surface area (Å²) in [5.74, 6) is -0.134. The summed E-state index contributed by atoms with van der Waals surface area (Å²) in [7, 11) is 0. The van der Waals surface area contributed by atoms with Gasteiger partial charge in [-0.3, -0.25) is 0 Å². The highest BCUT2D eigenvalue weighted by atomic mass is 32.1. The Morgan fingerprint density at radius 2 is 2.25 bits per heavy atom. The highest BCUT2D eigenvalue weighted by molar-refractivity contribution is 7.71. The van der Waals surface area contributed by atoms with E-state index in [1.54, 1.807) is 0 Å². The second-order valence-electron chi connectivity index (χ2n) is 3.71. The van der Waals surface area contributed by atoms with Crippen molar-refractivity contribution in [3.8, 4) is 0 Å². The first-order valence-electron chi connectivity index (χ1n) is 5.09. The molecular formula is C10H12N2O3S. The van der Waals surface area contributed by atoms with Gasteiger partial charge in [-0.25, -0.2) is 9.78 Å². The molecule has 0 amide bonds. The number of rotatable bonds is 2. The molecule has 0 aliphatic carbocycles. The number of H-pyrrole nitrogens is 1. The number of carbonyl (C=O) groups is 1. The Labute approximate surface area is 97.5 Å². The summed E-state index contributed by atoms with van der Waals surface area (Å²) in [4.78, 5) is 17.9. The van der Waals surface area contributed by atoms with Gasteiger partial charge in [0, 0.05) is 25.2 Å². The van der Waals surface area contributed by atoms with Crippen LogP contribution in [0.1, 0.15) is 35.1 Å². The van der Waals surface area contributed by atoms with Crippen molar-refractivity contribution in [2.75, 3.05) is 13.2 Å². The number of aromatic amines is 1. The first-order valence-corrected chi connectivity index (χ1v) is 5.50. The van der Waals surface area contributed by atoms with Crippen LogP contribution in [0.25, 0.3) is 0 Å². The van der Waals surface area contributed by atoms with E-state index < -0.39 is 5.97 Å². The van der Waals surface area contributed by atoms with E-state index in [-0.39, 0.29) is 11.6 Å². The van der Waals surface area contributed by atoms with Crippen LogP contribution in [-0.2, 0) is 4.74 Å². The molecule has 0 radical (unpaired) electrons. The zero-order chi connectivity index (χ0) is 11.5. The summed E-state index contributed by atoms with van der Waals surface area (Å²) < 4.78 is 5.56. The topological polar surface area (TPSA) is 75.2 Å². The van der Waals surface area contributed by atoms with Crippen LogP contribution in [0.5, 0.6) is 0 Å². The van der Waals surface area contributed by atoms with E-state index in [0.29, 0.717) is 23.7 Å². The lowest BCUT2D eigenvalue weighted by Gasteiger charge is -2.21. The molecule has 0 aromatic carbocycles. The van der Waals surface area contributed by atoms with Crippen molar-refractivity contribution in [1.82, 2.24) is 9.97 Å². The van der Waals surface area contributed by atoms with Crippen molar-refractivity contribution < 1.29 is 14.6 Å². The Morgan fingerprint density at radius 3 is 2.88 bits per heavy atom. The smallest absolute Gasteiger partial charge is 0.352 e. The number of carboxylic acid groups (broad SMARTS) is 1. The molecule has 0 saturated carbocycles. The first-order chi connectivity index (χ1) is 7.66. The molecule has 16 heavy (non-hydrogen) atoms. The molecule has 1 aromatic heterocycles. The van der Waals surface area contributed by atoms with Crippen LogP contribution in [0.2, 0.25) is 0 Å². The molecule has 0 spiro atoms. The molecule has 1 saturated heterocycles. The fraction of sp³-hybridized carbons (Fsp3) is 0.500. The number of aromatic carboxylic acids is 1. The van der Waals surface area contributed by atoms with Gasteiger partial charge in [0.05, 0.1) is 0 Å². The lowest BCUT2D eigenvalue weighted by Crippen LogP contribution is -2.17. The van der Waals surface area contributed by atoms with Gasteiger partial charge in [-0.15, -0.1) is 0 Å². The van der Waals surface area contributed by atoms with E-state index in [4.69, 9.17) is 22.1 Å². The molecule has 2 rings (SSSR count). The third kappa shape index (κ3) is 2.45. The number of nitrogens with one attached hydrogen (secondary N) is 1. The fourth-order valence-corrected chi connectivity index (χ4v) is 1.97. The van der Waals surface area contributed by atoms with Crippen LogP contribution in [0.15, 0.2) is 6.07 Å². The standard InChI is InChI=1S/C10H12N2O3S/c13-10(14)7-5-8(16)12-9(11-7)6-1-3-15-4-2-6/h5-6H,1-4H2,(H,13,14)(H,11,12,16). The zero-order valence-corrected chi connectivity index (χ0v) is 9.42. The largest absolute Gasteiger partial charge is 0.477 e. The summed E-state index contributed by atoms with van der Waals surface area (Å²) in [6, 6.07) is 1.36. The summed E-state index contributed by atoms with van der Waals surface area (Å²) in [6.07, 6.45) is 1.70. The number of ether oxygens (including phenoxy) is 1. The summed E-state index contributed by atoms with van der Waals surface area (Å²) in [5, 5.41) is 8.90. The monoisotopic (exact) mass is 240 g/mol. The summed E-state index contributed by atoms with van der Waals surface area (Å²) in [6.45, 7) is 1.37. The third-order valence-corrected chi connectivity index (χ3v) is 2.81. The average molecular weight is 240 g/mol. The molecular weight excluding hydrogens is 228 g/mol. The van der Waals surface area contributed by atoms with Gasteiger partial charge in [0.25, 0.3) is 0 Å². The molecule has 86 valence electrons. The van der Waals surface area contributed by atoms with Gasteiger partial charge in [0.2, 0.25) is 0 Å². The minimum atomic E-state index is -1.01. The molecule has 1 aliphatic rings. The summed E-state index contributed by atoms with van der Waals surface area (Å²) in [5.41, 5.74) is 0.0986. The van der Waals surface area contributed by atoms with Crippen LogP contribution < -0.4 is 0 Å². The molecule has 6 heteroatoms. The minimum Gasteiger partial charge on any atom is -0.477 e. The molecule has 2 heterocycles. The fourth-order valence-electron chi connectivity index (χ4n) is 1.76. The number of hydrogen-bond acceptors (Lipinski definition) is 4. The molecule has 0 unspecified atom stereocenters. The normalized spacial score (nSPS) is 17.2. The Hall–Kier alpha value is -1.27. The second-order valence-corrected chi connectivity index (χ2v) is 4.13. The van der Waals surface area contributed by atoms with E-state index >= 15 is 0 Å². The van der Waals surface area contributed by atoms with Crippen LogP contribution in [0.4, 0.5) is 0 Å². The minimum absolute atomic E-state index is 0.0986. The van der Waals surface area contributed by atoms with Crippen molar-refractivity contribution in [2.24, 2.45) is 0 Å². The predicted octanol–water partition coefficient (Wildman–Crippen LogP) is 1.73. The molecule has 1 aliphatic heterocycles. The molecule has 5 nitrogen and oxygen atoms in total. The van der Waals surface area contributed by atoms with Crippen LogP contribution in [0, 0.1) is 4.64 Å². The lowest BCUT2D eigenvalue weighted by atomic mass is 9.99. The van der Waals surface area contributed by atoms with E-state index in [9.17, 15) is 4.79 Å². The number of carboxylic acids is 1. The highest BCUT2D eigenvalue weighted by Gasteiger charge is 2.19. The van der Waals surface area contributed by atoms with Crippen molar-refractivity contribution in [3.63, 3.8) is 0 Å². The Kier molecular flexibility index (Phi) is 3.31. The van der Waals surface area contributed by atoms with Gasteiger partial charge in [-0.1, -0.05) is 12.2 Å². The van der Waals surface area contributed by atoms with Gasteiger partial charge >= 0.3 is 5.97 Å². The number of nitrogens with zero attached hydrogens (tertiary/aromatic N) is 1. The van der Waals surface area contributed by atoms with E-state index in [1.165, 1.54) is 6.07 Å². The Balaban J connectivity index is 2.32. The van der Waals surface area contributed by atoms with Crippen molar-refractivity contribution in [1.29, 1.82) is 0 Å². The van der Waals surface area contributed by atoms with Crippen molar-refractivity contribution >= 4 is 18.2 Å². The average Bonchev–Trinajstić information content (AvgIpc) is 2.29. The second kappa shape index (κ2) is 4.71. The van der Waals surface area contributed by atoms with Gasteiger partial charge < -0.3 is 14.8 Å². The molecule has 1 aromatic rings. The summed E-state index contributed by atoms with van der Waals surface area (Å²) >= 11 is 4.95. The number of aromatic nitrogens is 2. The van der Waals surface area contributed by atoms with Crippen molar-refractivity contribution in [3.05, 3.63) is 22.2 Å². The maximum Gasteiger partial charge on any atom is 0.352 e. The number of hydrogen-bond donors (Lipinski definition) is 2. The lowest BCUT2D eigenvalue weighted by molar-refractivity contribution is 0.0688. The van der Waals surface area contributed by atoms with Crippen LogP contribution in [-0.4, -0.2) is 34.3 Å². The predicted molar refractivity (Wildman–Crippen MR) is 59.2 cm³/mol. The van der Waals surface area contributed by atoms with E-state index in [0.717, 1.165) is 12.8 Å². The van der Waals surface area contributed by atoms with Gasteiger partial charge in [-0.2, -0.15) is 0 Å². The third-order valence-electron chi connectivity index (χ3n) is 2.60. The molecule has 2 N–H and O–H groups in total. The van der Waals surface area contributed by atoms with Crippen LogP contribution in [0.3, 0.4) is 0 Å². The Bertz CT molecular complexity index is 452. The SMILES string of the molecule is O=C(O)c1cc(=S)nc(C2CCOCC2)[nH]1. The molecule has 0 bridgehead atoms. The highest BCUT2D eigenvalue weighted by Crippen LogP contribution is 2.23. The quantitative estimate of drug-likeness (QED) is 0.770. The van der Waals surface area contributed by atoms with Crippen molar-refractivity contribution in [2.45, 2.75) is 18.8 Å². The van der Waals surface area contributed by atoms with Crippen LogP contribution >= 0.6 is 12.2 Å². The maximum atomic E-state index is 10.9. The van der Waals surface area contributed by atoms with E-state index in [1.807, 2.05) is 0 Å². The molecule has 1 fully saturated rings. The van der Waals surface area contributed by atoms with E-state index in [2.05, 4.69) is 9.97 Å². The van der Waals surface area contributed by atoms with Gasteiger partial charge in [0.15, 0.2) is 0 Å².